The van der Waals surface area contributed by atoms with E-state index in [2.05, 4.69) is 11.2 Å². The van der Waals surface area contributed by atoms with Crippen molar-refractivity contribution in [1.29, 1.82) is 0 Å². The van der Waals surface area contributed by atoms with Crippen LogP contribution in [-0.4, -0.2) is 22.9 Å². The van der Waals surface area contributed by atoms with E-state index >= 15 is 0 Å². The standard InChI is InChI=1S/C17H16N2O2/c1-12-8-9-14-15(10-12)19(11-16(20)21-2)18-17(14)13-6-4-3-5-7-13/h3-10H,11H2,1-2H3. The molecule has 0 aliphatic rings. The third kappa shape index (κ3) is 2.52. The highest BCUT2D eigenvalue weighted by atomic mass is 16.5. The minimum atomic E-state index is -0.305. The molecular weight excluding hydrogens is 264 g/mol. The first-order valence-corrected chi connectivity index (χ1v) is 6.78. The average Bonchev–Trinajstić information content (AvgIpc) is 2.86. The van der Waals surface area contributed by atoms with Crippen molar-refractivity contribution in [3.63, 3.8) is 0 Å². The molecule has 4 nitrogen and oxygen atoms in total. The molecule has 0 N–H and O–H groups in total. The van der Waals surface area contributed by atoms with Crippen LogP contribution in [0.5, 0.6) is 0 Å². The zero-order valence-corrected chi connectivity index (χ0v) is 12.0. The SMILES string of the molecule is COC(=O)Cn1nc(-c2ccccc2)c2ccc(C)cc21. The average molecular weight is 280 g/mol. The van der Waals surface area contributed by atoms with Crippen LogP contribution in [0.1, 0.15) is 5.56 Å². The van der Waals surface area contributed by atoms with Crippen LogP contribution in [0.3, 0.4) is 0 Å². The van der Waals surface area contributed by atoms with Crippen LogP contribution < -0.4 is 0 Å². The number of methoxy groups -OCH3 is 1. The van der Waals surface area contributed by atoms with Crippen LogP contribution in [0, 0.1) is 6.92 Å². The van der Waals surface area contributed by atoms with E-state index in [1.54, 1.807) is 4.68 Å². The van der Waals surface area contributed by atoms with Crippen LogP contribution in [-0.2, 0) is 16.1 Å². The molecule has 0 spiro atoms. The van der Waals surface area contributed by atoms with Crippen LogP contribution in [0.2, 0.25) is 0 Å². The zero-order chi connectivity index (χ0) is 14.8. The Hall–Kier alpha value is -2.62. The Balaban J connectivity index is 2.20. The van der Waals surface area contributed by atoms with Gasteiger partial charge in [-0.2, -0.15) is 5.10 Å². The van der Waals surface area contributed by atoms with Gasteiger partial charge in [0.05, 0.1) is 12.6 Å². The van der Waals surface area contributed by atoms with Crippen molar-refractivity contribution in [3.8, 4) is 11.3 Å². The molecule has 0 saturated carbocycles. The van der Waals surface area contributed by atoms with Crippen molar-refractivity contribution in [1.82, 2.24) is 9.78 Å². The fourth-order valence-electron chi connectivity index (χ4n) is 2.40. The summed E-state index contributed by atoms with van der Waals surface area (Å²) in [6.07, 6.45) is 0. The first kappa shape index (κ1) is 13.4. The van der Waals surface area contributed by atoms with Gasteiger partial charge in [0.25, 0.3) is 0 Å². The maximum atomic E-state index is 11.6. The topological polar surface area (TPSA) is 44.1 Å². The first-order valence-electron chi connectivity index (χ1n) is 6.78. The summed E-state index contributed by atoms with van der Waals surface area (Å²) in [5.41, 5.74) is 4.00. The number of ether oxygens (including phenoxy) is 1. The van der Waals surface area contributed by atoms with Gasteiger partial charge in [0, 0.05) is 10.9 Å². The molecular formula is C17H16N2O2. The molecule has 0 aliphatic carbocycles. The molecule has 0 fully saturated rings. The summed E-state index contributed by atoms with van der Waals surface area (Å²) in [6, 6.07) is 16.1. The van der Waals surface area contributed by atoms with Gasteiger partial charge in [-0.3, -0.25) is 9.48 Å². The molecule has 0 aliphatic heterocycles. The Labute approximate surface area is 123 Å². The monoisotopic (exact) mass is 280 g/mol. The van der Waals surface area contributed by atoms with Gasteiger partial charge in [0.1, 0.15) is 12.2 Å². The van der Waals surface area contributed by atoms with Gasteiger partial charge in [-0.1, -0.05) is 42.5 Å². The summed E-state index contributed by atoms with van der Waals surface area (Å²) >= 11 is 0. The number of hydrogen-bond acceptors (Lipinski definition) is 3. The van der Waals surface area contributed by atoms with E-state index in [0.29, 0.717) is 0 Å². The number of hydrogen-bond donors (Lipinski definition) is 0. The maximum Gasteiger partial charge on any atom is 0.327 e. The number of carbonyl (C=O) groups is 1. The molecule has 1 heterocycles. The van der Waals surface area contributed by atoms with E-state index < -0.39 is 0 Å². The van der Waals surface area contributed by atoms with Crippen molar-refractivity contribution in [2.75, 3.05) is 7.11 Å². The third-order valence-corrected chi connectivity index (χ3v) is 3.46. The highest BCUT2D eigenvalue weighted by Gasteiger charge is 2.14. The van der Waals surface area contributed by atoms with Gasteiger partial charge in [-0.05, 0) is 18.6 Å². The fraction of sp³-hybridized carbons (Fsp3) is 0.176. The van der Waals surface area contributed by atoms with Gasteiger partial charge in [0.2, 0.25) is 0 Å². The Morgan fingerprint density at radius 2 is 1.95 bits per heavy atom. The molecule has 21 heavy (non-hydrogen) atoms. The van der Waals surface area contributed by atoms with Crippen LogP contribution in [0.25, 0.3) is 22.2 Å². The second-order valence-corrected chi connectivity index (χ2v) is 4.97. The number of fused-ring (bicyclic) bond motifs is 1. The van der Waals surface area contributed by atoms with Crippen molar-refractivity contribution in [2.24, 2.45) is 0 Å². The zero-order valence-electron chi connectivity index (χ0n) is 12.0. The lowest BCUT2D eigenvalue weighted by Gasteiger charge is -2.02. The molecule has 3 aromatic rings. The van der Waals surface area contributed by atoms with E-state index in [4.69, 9.17) is 4.74 Å². The highest BCUT2D eigenvalue weighted by molar-refractivity contribution is 5.94. The highest BCUT2D eigenvalue weighted by Crippen LogP contribution is 2.28. The smallest absolute Gasteiger partial charge is 0.327 e. The summed E-state index contributed by atoms with van der Waals surface area (Å²) in [5.74, 6) is -0.305. The summed E-state index contributed by atoms with van der Waals surface area (Å²) in [4.78, 5) is 11.6. The number of benzene rings is 2. The Morgan fingerprint density at radius 3 is 2.67 bits per heavy atom. The van der Waals surface area contributed by atoms with E-state index in [1.165, 1.54) is 7.11 Å². The van der Waals surface area contributed by atoms with E-state index in [9.17, 15) is 4.79 Å². The maximum absolute atomic E-state index is 11.6. The van der Waals surface area contributed by atoms with Crippen molar-refractivity contribution >= 4 is 16.9 Å². The molecule has 0 radical (unpaired) electrons. The summed E-state index contributed by atoms with van der Waals surface area (Å²) in [6.45, 7) is 2.14. The van der Waals surface area contributed by atoms with Gasteiger partial charge < -0.3 is 4.74 Å². The summed E-state index contributed by atoms with van der Waals surface area (Å²) < 4.78 is 6.45. The molecule has 106 valence electrons. The Morgan fingerprint density at radius 1 is 1.19 bits per heavy atom. The van der Waals surface area contributed by atoms with Crippen LogP contribution in [0.4, 0.5) is 0 Å². The molecule has 2 aromatic carbocycles. The van der Waals surface area contributed by atoms with Crippen LogP contribution in [0.15, 0.2) is 48.5 Å². The second-order valence-electron chi connectivity index (χ2n) is 4.97. The number of carbonyl (C=O) groups excluding carboxylic acids is 1. The molecule has 0 unspecified atom stereocenters. The molecule has 0 bridgehead atoms. The fourth-order valence-corrected chi connectivity index (χ4v) is 2.40. The van der Waals surface area contributed by atoms with Gasteiger partial charge in [-0.25, -0.2) is 0 Å². The van der Waals surface area contributed by atoms with Crippen molar-refractivity contribution in [2.45, 2.75) is 13.5 Å². The lowest BCUT2D eigenvalue weighted by Crippen LogP contribution is -2.12. The molecule has 1 aromatic heterocycles. The minimum absolute atomic E-state index is 0.114. The van der Waals surface area contributed by atoms with Crippen LogP contribution >= 0.6 is 0 Å². The van der Waals surface area contributed by atoms with Crippen molar-refractivity contribution < 1.29 is 9.53 Å². The number of aromatic nitrogens is 2. The van der Waals surface area contributed by atoms with E-state index in [1.807, 2.05) is 49.4 Å². The molecule has 4 heteroatoms. The second kappa shape index (κ2) is 5.40. The number of rotatable bonds is 3. The quantitative estimate of drug-likeness (QED) is 0.692. The van der Waals surface area contributed by atoms with Gasteiger partial charge in [0.15, 0.2) is 0 Å². The van der Waals surface area contributed by atoms with Gasteiger partial charge >= 0.3 is 5.97 Å². The lowest BCUT2D eigenvalue weighted by atomic mass is 10.1. The minimum Gasteiger partial charge on any atom is -0.468 e. The number of nitrogens with zero attached hydrogens (tertiary/aromatic N) is 2. The lowest BCUT2D eigenvalue weighted by molar-refractivity contribution is -0.141. The largest absolute Gasteiger partial charge is 0.468 e. The Bertz CT molecular complexity index is 791. The van der Waals surface area contributed by atoms with Gasteiger partial charge in [-0.15, -0.1) is 0 Å². The molecule has 0 atom stereocenters. The molecule has 3 rings (SSSR count). The third-order valence-electron chi connectivity index (χ3n) is 3.46. The summed E-state index contributed by atoms with van der Waals surface area (Å²) in [5, 5.41) is 5.64. The van der Waals surface area contributed by atoms with E-state index in [0.717, 1.165) is 27.7 Å². The van der Waals surface area contributed by atoms with Crippen molar-refractivity contribution in [3.05, 3.63) is 54.1 Å². The predicted octanol–water partition coefficient (Wildman–Crippen LogP) is 3.18. The molecule has 0 saturated heterocycles. The predicted molar refractivity (Wildman–Crippen MR) is 81.9 cm³/mol. The number of aryl methyl sites for hydroxylation is 1. The summed E-state index contributed by atoms with van der Waals surface area (Å²) in [7, 11) is 1.39. The number of esters is 1. The normalized spacial score (nSPS) is 10.8. The molecule has 0 amide bonds. The first-order chi connectivity index (χ1) is 10.2. The Kier molecular flexibility index (Phi) is 3.44. The van der Waals surface area contributed by atoms with E-state index in [-0.39, 0.29) is 12.5 Å².